The van der Waals surface area contributed by atoms with Crippen LogP contribution in [0.1, 0.15) is 19.3 Å². The molecule has 0 bridgehead atoms. The Morgan fingerprint density at radius 3 is 2.41 bits per heavy atom. The normalized spacial score (nSPS) is 11.2. The minimum absolute atomic E-state index is 0.0488. The van der Waals surface area contributed by atoms with Crippen LogP contribution in [0.2, 0.25) is 0 Å². The molecule has 0 aliphatic carbocycles. The van der Waals surface area contributed by atoms with E-state index in [-0.39, 0.29) is 10.8 Å². The lowest BCUT2D eigenvalue weighted by molar-refractivity contribution is -0.121. The Balaban J connectivity index is 2.18. The molecule has 0 aliphatic heterocycles. The molecule has 0 radical (unpaired) electrons. The number of likely N-dealkylation sites (N-methyl/N-ethyl adjacent to an activating group) is 1. The van der Waals surface area contributed by atoms with E-state index in [4.69, 9.17) is 4.74 Å². The molecule has 0 fully saturated rings. The van der Waals surface area contributed by atoms with Crippen LogP contribution >= 0.6 is 0 Å². The highest BCUT2D eigenvalue weighted by Gasteiger charge is 2.06. The predicted molar refractivity (Wildman–Crippen MR) is 85.8 cm³/mol. The van der Waals surface area contributed by atoms with E-state index < -0.39 is 9.84 Å². The van der Waals surface area contributed by atoms with E-state index in [1.807, 2.05) is 7.05 Å². The molecule has 22 heavy (non-hydrogen) atoms. The van der Waals surface area contributed by atoms with Crippen molar-refractivity contribution in [3.8, 4) is 5.75 Å². The van der Waals surface area contributed by atoms with Crippen LogP contribution in [0.25, 0.3) is 0 Å². The van der Waals surface area contributed by atoms with Gasteiger partial charge in [-0.1, -0.05) is 0 Å². The smallest absolute Gasteiger partial charge is 0.220 e. The number of hydrogen-bond acceptors (Lipinski definition) is 5. The summed E-state index contributed by atoms with van der Waals surface area (Å²) in [5.74, 6) is 0.679. The highest BCUT2D eigenvalue weighted by Crippen LogP contribution is 2.16. The van der Waals surface area contributed by atoms with Crippen molar-refractivity contribution in [2.75, 3.05) is 33.0 Å². The summed E-state index contributed by atoms with van der Waals surface area (Å²) in [6, 6.07) is 6.33. The van der Waals surface area contributed by atoms with Crippen molar-refractivity contribution >= 4 is 15.7 Å². The van der Waals surface area contributed by atoms with E-state index in [2.05, 4.69) is 10.6 Å². The van der Waals surface area contributed by atoms with Crippen molar-refractivity contribution in [1.29, 1.82) is 0 Å². The molecule has 0 spiro atoms. The summed E-state index contributed by atoms with van der Waals surface area (Å²) in [5.41, 5.74) is 0. The number of carbonyl (C=O) groups is 1. The minimum Gasteiger partial charge on any atom is -0.494 e. The van der Waals surface area contributed by atoms with Gasteiger partial charge < -0.3 is 15.4 Å². The van der Waals surface area contributed by atoms with Crippen molar-refractivity contribution in [3.63, 3.8) is 0 Å². The van der Waals surface area contributed by atoms with Gasteiger partial charge in [0.05, 0.1) is 11.5 Å². The number of nitrogens with one attached hydrogen (secondary N) is 2. The first-order valence-corrected chi connectivity index (χ1v) is 9.17. The number of hydrogen-bond donors (Lipinski definition) is 2. The zero-order valence-electron chi connectivity index (χ0n) is 13.1. The van der Waals surface area contributed by atoms with Gasteiger partial charge in [0.15, 0.2) is 9.84 Å². The largest absolute Gasteiger partial charge is 0.494 e. The Morgan fingerprint density at radius 1 is 1.14 bits per heavy atom. The lowest BCUT2D eigenvalue weighted by atomic mass is 10.2. The standard InChI is InChI=1S/C15H24N2O4S/c1-16-10-11-17-15(18)5-3-4-12-21-13-6-8-14(9-7-13)22(2,19)20/h6-9,16H,3-5,10-12H2,1-2H3,(H,17,18). The van der Waals surface area contributed by atoms with Gasteiger partial charge in [-0.05, 0) is 44.2 Å². The third-order valence-corrected chi connectivity index (χ3v) is 4.14. The molecule has 0 aromatic heterocycles. The van der Waals surface area contributed by atoms with Gasteiger partial charge in [-0.15, -0.1) is 0 Å². The summed E-state index contributed by atoms with van der Waals surface area (Å²) in [7, 11) is -1.33. The average Bonchev–Trinajstić information content (AvgIpc) is 2.47. The fraction of sp³-hybridized carbons (Fsp3) is 0.533. The van der Waals surface area contributed by atoms with Crippen LogP contribution in [0.5, 0.6) is 5.75 Å². The topological polar surface area (TPSA) is 84.5 Å². The second kappa shape index (κ2) is 9.42. The van der Waals surface area contributed by atoms with Crippen LogP contribution in [0.3, 0.4) is 0 Å². The average molecular weight is 328 g/mol. The van der Waals surface area contributed by atoms with E-state index >= 15 is 0 Å². The first-order valence-electron chi connectivity index (χ1n) is 7.27. The number of sulfone groups is 1. The van der Waals surface area contributed by atoms with Crippen molar-refractivity contribution in [3.05, 3.63) is 24.3 Å². The number of benzene rings is 1. The summed E-state index contributed by atoms with van der Waals surface area (Å²) in [5, 5.41) is 5.77. The molecule has 1 aromatic carbocycles. The molecule has 0 saturated carbocycles. The van der Waals surface area contributed by atoms with Gasteiger partial charge in [0.2, 0.25) is 5.91 Å². The second-order valence-corrected chi connectivity index (χ2v) is 7.02. The molecule has 7 heteroatoms. The highest BCUT2D eigenvalue weighted by atomic mass is 32.2. The minimum atomic E-state index is -3.17. The third-order valence-electron chi connectivity index (χ3n) is 3.02. The number of unbranched alkanes of at least 4 members (excludes halogenated alkanes) is 1. The Morgan fingerprint density at radius 2 is 1.82 bits per heavy atom. The van der Waals surface area contributed by atoms with E-state index in [1.165, 1.54) is 18.4 Å². The monoisotopic (exact) mass is 328 g/mol. The SMILES string of the molecule is CNCCNC(=O)CCCCOc1ccc(S(C)(=O)=O)cc1. The fourth-order valence-electron chi connectivity index (χ4n) is 1.78. The number of rotatable bonds is 10. The fourth-order valence-corrected chi connectivity index (χ4v) is 2.41. The van der Waals surface area contributed by atoms with E-state index in [0.29, 0.717) is 25.3 Å². The molecule has 0 aliphatic rings. The zero-order chi connectivity index (χ0) is 16.4. The lowest BCUT2D eigenvalue weighted by Gasteiger charge is -2.07. The van der Waals surface area contributed by atoms with Gasteiger partial charge >= 0.3 is 0 Å². The molecule has 1 amide bonds. The van der Waals surface area contributed by atoms with Gasteiger partial charge in [-0.3, -0.25) is 4.79 Å². The Labute approximate surface area is 132 Å². The summed E-state index contributed by atoms with van der Waals surface area (Å²) in [6.07, 6.45) is 3.19. The van der Waals surface area contributed by atoms with Crippen LogP contribution in [-0.4, -0.2) is 47.3 Å². The van der Waals surface area contributed by atoms with Gasteiger partial charge in [-0.2, -0.15) is 0 Å². The maximum Gasteiger partial charge on any atom is 0.220 e. The van der Waals surface area contributed by atoms with Crippen LogP contribution in [0.4, 0.5) is 0 Å². The summed E-state index contributed by atoms with van der Waals surface area (Å²) in [4.78, 5) is 11.7. The van der Waals surface area contributed by atoms with Crippen molar-refractivity contribution in [2.24, 2.45) is 0 Å². The quantitative estimate of drug-likeness (QED) is 0.625. The van der Waals surface area contributed by atoms with E-state index in [9.17, 15) is 13.2 Å². The molecule has 6 nitrogen and oxygen atoms in total. The molecular weight excluding hydrogens is 304 g/mol. The maximum atomic E-state index is 11.4. The molecule has 0 unspecified atom stereocenters. The van der Waals surface area contributed by atoms with Crippen molar-refractivity contribution in [2.45, 2.75) is 24.2 Å². The number of amides is 1. The first-order chi connectivity index (χ1) is 10.4. The molecular formula is C15H24N2O4S. The number of ether oxygens (including phenoxy) is 1. The van der Waals surface area contributed by atoms with Gasteiger partial charge in [0.25, 0.3) is 0 Å². The van der Waals surface area contributed by atoms with E-state index in [0.717, 1.165) is 19.4 Å². The van der Waals surface area contributed by atoms with Crippen molar-refractivity contribution in [1.82, 2.24) is 10.6 Å². The maximum absolute atomic E-state index is 11.4. The van der Waals surface area contributed by atoms with E-state index in [1.54, 1.807) is 12.1 Å². The number of carbonyl (C=O) groups excluding carboxylic acids is 1. The molecule has 1 aromatic rings. The van der Waals surface area contributed by atoms with Crippen LogP contribution < -0.4 is 15.4 Å². The zero-order valence-corrected chi connectivity index (χ0v) is 13.9. The molecule has 124 valence electrons. The van der Waals surface area contributed by atoms with Crippen molar-refractivity contribution < 1.29 is 17.9 Å². The van der Waals surface area contributed by atoms with Crippen LogP contribution in [-0.2, 0) is 14.6 Å². The Hall–Kier alpha value is -1.60. The second-order valence-electron chi connectivity index (χ2n) is 5.00. The van der Waals surface area contributed by atoms with Gasteiger partial charge in [0, 0.05) is 25.8 Å². The molecule has 0 saturated heterocycles. The molecule has 0 heterocycles. The molecule has 2 N–H and O–H groups in total. The summed E-state index contributed by atoms with van der Waals surface area (Å²) < 4.78 is 28.2. The van der Waals surface area contributed by atoms with Crippen LogP contribution in [0.15, 0.2) is 29.2 Å². The summed E-state index contributed by atoms with van der Waals surface area (Å²) in [6.45, 7) is 1.90. The third kappa shape index (κ3) is 7.42. The Kier molecular flexibility index (Phi) is 7.90. The molecule has 0 atom stereocenters. The highest BCUT2D eigenvalue weighted by molar-refractivity contribution is 7.90. The lowest BCUT2D eigenvalue weighted by Crippen LogP contribution is -2.30. The molecule has 1 rings (SSSR count). The van der Waals surface area contributed by atoms with Gasteiger partial charge in [0.1, 0.15) is 5.75 Å². The first kappa shape index (κ1) is 18.4. The summed E-state index contributed by atoms with van der Waals surface area (Å²) >= 11 is 0. The predicted octanol–water partition coefficient (Wildman–Crippen LogP) is 0.975. The Bertz CT molecular complexity index is 555. The van der Waals surface area contributed by atoms with Crippen LogP contribution in [0, 0.1) is 0 Å². The van der Waals surface area contributed by atoms with Gasteiger partial charge in [-0.25, -0.2) is 8.42 Å².